The van der Waals surface area contributed by atoms with Crippen LogP contribution in [-0.4, -0.2) is 35.4 Å². The van der Waals surface area contributed by atoms with Crippen molar-refractivity contribution in [2.24, 2.45) is 5.73 Å². The first kappa shape index (κ1) is 23.1. The summed E-state index contributed by atoms with van der Waals surface area (Å²) in [4.78, 5) is 30.5. The van der Waals surface area contributed by atoms with Crippen LogP contribution in [0.3, 0.4) is 0 Å². The highest BCUT2D eigenvalue weighted by Gasteiger charge is 2.44. The summed E-state index contributed by atoms with van der Waals surface area (Å²) in [7, 11) is 0. The lowest BCUT2D eigenvalue weighted by Gasteiger charge is -2.43. The molecule has 0 bridgehead atoms. The van der Waals surface area contributed by atoms with Gasteiger partial charge in [-0.25, -0.2) is 4.98 Å². The van der Waals surface area contributed by atoms with Crippen molar-refractivity contribution in [1.29, 1.82) is 5.26 Å². The van der Waals surface area contributed by atoms with Crippen LogP contribution >= 0.6 is 0 Å². The zero-order valence-corrected chi connectivity index (χ0v) is 18.0. The second-order valence-electron chi connectivity index (χ2n) is 7.37. The molecule has 0 radical (unpaired) electrons. The standard InChI is InChI=1S/C22H29N5O3/c1-5-27(19-8-7-18(11-23)13-25-19)15(2)12-26-20(29)14-30-22(9-6-10-22)21(16(3)24)17(4)28/h7-8,12-13H,5-6,9-10,14,24H2,1-4H3,(H,26,29)/b15-12+,21-16+. The Bertz CT molecular complexity index is 888. The molecule has 1 amide bonds. The molecule has 1 fully saturated rings. The molecule has 30 heavy (non-hydrogen) atoms. The van der Waals surface area contributed by atoms with E-state index in [9.17, 15) is 9.59 Å². The fourth-order valence-electron chi connectivity index (χ4n) is 3.63. The van der Waals surface area contributed by atoms with E-state index >= 15 is 0 Å². The number of allylic oxidation sites excluding steroid dienone is 2. The molecule has 1 aliphatic rings. The Labute approximate surface area is 177 Å². The number of amides is 1. The first-order valence-electron chi connectivity index (χ1n) is 9.95. The molecule has 8 heteroatoms. The molecule has 1 heterocycles. The summed E-state index contributed by atoms with van der Waals surface area (Å²) in [6, 6.07) is 5.50. The number of nitrogens with two attached hydrogens (primary N) is 1. The number of anilines is 1. The van der Waals surface area contributed by atoms with Crippen LogP contribution in [0.5, 0.6) is 0 Å². The van der Waals surface area contributed by atoms with Crippen LogP contribution in [0.2, 0.25) is 0 Å². The number of aromatic nitrogens is 1. The lowest BCUT2D eigenvalue weighted by molar-refractivity contribution is -0.138. The van der Waals surface area contributed by atoms with E-state index < -0.39 is 5.60 Å². The number of hydrogen-bond acceptors (Lipinski definition) is 7. The van der Waals surface area contributed by atoms with E-state index in [1.54, 1.807) is 25.3 Å². The summed E-state index contributed by atoms with van der Waals surface area (Å²) >= 11 is 0. The lowest BCUT2D eigenvalue weighted by Crippen LogP contribution is -2.47. The topological polar surface area (TPSA) is 121 Å². The van der Waals surface area contributed by atoms with E-state index in [1.165, 1.54) is 13.1 Å². The second kappa shape index (κ2) is 10.0. The van der Waals surface area contributed by atoms with Crippen LogP contribution < -0.4 is 16.0 Å². The van der Waals surface area contributed by atoms with E-state index in [2.05, 4.69) is 10.3 Å². The Balaban J connectivity index is 2.01. The summed E-state index contributed by atoms with van der Waals surface area (Å²) in [5.41, 5.74) is 7.31. The van der Waals surface area contributed by atoms with Crippen molar-refractivity contribution >= 4 is 17.5 Å². The fraction of sp³-hybridized carbons (Fsp3) is 0.455. The largest absolute Gasteiger partial charge is 0.402 e. The van der Waals surface area contributed by atoms with Crippen LogP contribution in [0, 0.1) is 11.3 Å². The van der Waals surface area contributed by atoms with Gasteiger partial charge >= 0.3 is 0 Å². The predicted octanol–water partition coefficient (Wildman–Crippen LogP) is 2.52. The predicted molar refractivity (Wildman–Crippen MR) is 114 cm³/mol. The molecule has 0 saturated heterocycles. The number of ketones is 1. The van der Waals surface area contributed by atoms with Gasteiger partial charge < -0.3 is 20.7 Å². The SMILES string of the molecule is CCN(/C(C)=C/NC(=O)COC1(/C(C(C)=O)=C(\C)N)CCC1)c1ccc(C#N)cn1. The van der Waals surface area contributed by atoms with E-state index in [0.717, 1.165) is 12.1 Å². The molecule has 0 unspecified atom stereocenters. The van der Waals surface area contributed by atoms with E-state index in [0.29, 0.717) is 42.0 Å². The maximum absolute atomic E-state index is 12.3. The molecule has 0 aromatic carbocycles. The van der Waals surface area contributed by atoms with E-state index in [-0.39, 0.29) is 18.3 Å². The minimum atomic E-state index is -0.761. The number of carbonyl (C=O) groups is 2. The van der Waals surface area contributed by atoms with Crippen LogP contribution in [0.15, 0.2) is 41.5 Å². The van der Waals surface area contributed by atoms with Crippen molar-refractivity contribution < 1.29 is 14.3 Å². The molecule has 0 spiro atoms. The van der Waals surface area contributed by atoms with Crippen molar-refractivity contribution in [3.8, 4) is 6.07 Å². The summed E-state index contributed by atoms with van der Waals surface area (Å²) in [6.07, 6.45) is 5.38. The van der Waals surface area contributed by atoms with Crippen molar-refractivity contribution in [2.75, 3.05) is 18.1 Å². The quantitative estimate of drug-likeness (QED) is 0.599. The average molecular weight is 412 g/mol. The van der Waals surface area contributed by atoms with Crippen molar-refractivity contribution in [3.05, 3.63) is 47.1 Å². The number of ether oxygens (including phenoxy) is 1. The van der Waals surface area contributed by atoms with Crippen molar-refractivity contribution in [3.63, 3.8) is 0 Å². The molecule has 3 N–H and O–H groups in total. The number of nitriles is 1. The minimum absolute atomic E-state index is 0.126. The highest BCUT2D eigenvalue weighted by atomic mass is 16.5. The smallest absolute Gasteiger partial charge is 0.250 e. The summed E-state index contributed by atoms with van der Waals surface area (Å²) < 4.78 is 5.88. The monoisotopic (exact) mass is 411 g/mol. The minimum Gasteiger partial charge on any atom is -0.402 e. The van der Waals surface area contributed by atoms with Gasteiger partial charge in [0.05, 0.1) is 11.2 Å². The van der Waals surface area contributed by atoms with Gasteiger partial charge in [0.1, 0.15) is 18.5 Å². The Morgan fingerprint density at radius 1 is 1.37 bits per heavy atom. The molecule has 1 aromatic heterocycles. The number of hydrogen-bond donors (Lipinski definition) is 2. The van der Waals surface area contributed by atoms with Crippen molar-refractivity contribution in [2.45, 2.75) is 52.6 Å². The van der Waals surface area contributed by atoms with Gasteiger partial charge in [-0.15, -0.1) is 0 Å². The molecule has 1 aromatic rings. The first-order chi connectivity index (χ1) is 14.2. The normalized spacial score (nSPS) is 16.0. The van der Waals surface area contributed by atoms with Gasteiger partial charge in [0.15, 0.2) is 5.78 Å². The van der Waals surface area contributed by atoms with Gasteiger partial charge in [0.2, 0.25) is 5.91 Å². The summed E-state index contributed by atoms with van der Waals surface area (Å²) in [5, 5.41) is 11.6. The zero-order valence-electron chi connectivity index (χ0n) is 18.0. The number of nitrogens with zero attached hydrogens (tertiary/aromatic N) is 3. The van der Waals surface area contributed by atoms with E-state index in [1.807, 2.05) is 24.8 Å². The van der Waals surface area contributed by atoms with Gasteiger partial charge in [0.25, 0.3) is 0 Å². The summed E-state index contributed by atoms with van der Waals surface area (Å²) in [5.74, 6) is 0.236. The Morgan fingerprint density at radius 2 is 2.07 bits per heavy atom. The van der Waals surface area contributed by atoms with Gasteiger partial charge in [-0.3, -0.25) is 9.59 Å². The van der Waals surface area contributed by atoms with Gasteiger partial charge in [-0.2, -0.15) is 5.26 Å². The molecule has 1 saturated carbocycles. The molecule has 2 rings (SSSR count). The van der Waals surface area contributed by atoms with Gasteiger partial charge in [-0.05, 0) is 59.1 Å². The lowest BCUT2D eigenvalue weighted by atomic mass is 9.72. The molecular formula is C22H29N5O3. The highest BCUT2D eigenvalue weighted by molar-refractivity contribution is 5.96. The number of pyridine rings is 1. The average Bonchev–Trinajstić information content (AvgIpc) is 2.68. The third kappa shape index (κ3) is 5.24. The van der Waals surface area contributed by atoms with Crippen LogP contribution in [-0.2, 0) is 14.3 Å². The second-order valence-corrected chi connectivity index (χ2v) is 7.37. The van der Waals surface area contributed by atoms with E-state index in [4.69, 9.17) is 15.7 Å². The highest BCUT2D eigenvalue weighted by Crippen LogP contribution is 2.42. The molecule has 0 aliphatic heterocycles. The van der Waals surface area contributed by atoms with Crippen LogP contribution in [0.4, 0.5) is 5.82 Å². The fourth-order valence-corrected chi connectivity index (χ4v) is 3.63. The Hall–Kier alpha value is -3.18. The number of nitrogens with one attached hydrogen (secondary N) is 1. The number of Topliss-reactive ketones (excluding diaryl/α,β-unsaturated/α-hetero) is 1. The van der Waals surface area contributed by atoms with Gasteiger partial charge in [0, 0.05) is 35.9 Å². The Kier molecular flexibility index (Phi) is 7.72. The van der Waals surface area contributed by atoms with Crippen LogP contribution in [0.1, 0.15) is 52.5 Å². The third-order valence-electron chi connectivity index (χ3n) is 5.18. The third-order valence-corrected chi connectivity index (χ3v) is 5.18. The first-order valence-corrected chi connectivity index (χ1v) is 9.95. The molecule has 8 nitrogen and oxygen atoms in total. The molecular weight excluding hydrogens is 382 g/mol. The Morgan fingerprint density at radius 3 is 2.50 bits per heavy atom. The zero-order chi connectivity index (χ0) is 22.3. The molecule has 160 valence electrons. The number of carbonyl (C=O) groups excluding carboxylic acids is 2. The molecule has 1 aliphatic carbocycles. The van der Waals surface area contributed by atoms with Crippen molar-refractivity contribution in [1.82, 2.24) is 10.3 Å². The number of rotatable bonds is 9. The molecule has 0 atom stereocenters. The maximum atomic E-state index is 12.3. The maximum Gasteiger partial charge on any atom is 0.250 e. The summed E-state index contributed by atoms with van der Waals surface area (Å²) in [6.45, 7) is 7.44. The van der Waals surface area contributed by atoms with Crippen LogP contribution in [0.25, 0.3) is 0 Å². The van der Waals surface area contributed by atoms with Gasteiger partial charge in [-0.1, -0.05) is 0 Å².